The molecular weight excluding hydrogens is 205 g/mol. The SMILES string of the molecule is CC(C)C1CCC(=O)N1c1ccc(F)cc1. The number of hydrogen-bond acceptors (Lipinski definition) is 1. The van der Waals surface area contributed by atoms with Crippen LogP contribution in [0.25, 0.3) is 0 Å². The van der Waals surface area contributed by atoms with E-state index >= 15 is 0 Å². The van der Waals surface area contributed by atoms with Crippen LogP contribution in [0.15, 0.2) is 24.3 Å². The first-order valence-electron chi connectivity index (χ1n) is 5.67. The standard InChI is InChI=1S/C13H16FNO/c1-9(2)12-7-8-13(16)15(12)11-5-3-10(14)4-6-11/h3-6,9,12H,7-8H2,1-2H3. The van der Waals surface area contributed by atoms with Crippen molar-refractivity contribution in [1.82, 2.24) is 0 Å². The Morgan fingerprint density at radius 1 is 1.31 bits per heavy atom. The molecule has 2 rings (SSSR count). The van der Waals surface area contributed by atoms with Gasteiger partial charge in [-0.1, -0.05) is 13.8 Å². The molecule has 1 aliphatic heterocycles. The molecule has 0 aromatic heterocycles. The molecule has 1 aromatic rings. The molecule has 2 nitrogen and oxygen atoms in total. The lowest BCUT2D eigenvalue weighted by Gasteiger charge is -2.27. The number of carbonyl (C=O) groups excluding carboxylic acids is 1. The first kappa shape index (κ1) is 11.1. The van der Waals surface area contributed by atoms with Crippen molar-refractivity contribution in [1.29, 1.82) is 0 Å². The van der Waals surface area contributed by atoms with Crippen LogP contribution in [-0.2, 0) is 4.79 Å². The minimum Gasteiger partial charge on any atom is -0.309 e. The van der Waals surface area contributed by atoms with Gasteiger partial charge in [0, 0.05) is 18.2 Å². The van der Waals surface area contributed by atoms with Gasteiger partial charge in [-0.25, -0.2) is 4.39 Å². The number of benzene rings is 1. The summed E-state index contributed by atoms with van der Waals surface area (Å²) in [5, 5.41) is 0. The molecule has 1 fully saturated rings. The molecule has 0 N–H and O–H groups in total. The maximum atomic E-state index is 12.8. The molecule has 3 heteroatoms. The predicted molar refractivity (Wildman–Crippen MR) is 61.7 cm³/mol. The van der Waals surface area contributed by atoms with Crippen LogP contribution < -0.4 is 4.90 Å². The van der Waals surface area contributed by atoms with Gasteiger partial charge >= 0.3 is 0 Å². The van der Waals surface area contributed by atoms with Crippen molar-refractivity contribution in [3.05, 3.63) is 30.1 Å². The van der Waals surface area contributed by atoms with E-state index in [1.165, 1.54) is 12.1 Å². The molecule has 0 saturated carbocycles. The fourth-order valence-electron chi connectivity index (χ4n) is 2.27. The van der Waals surface area contributed by atoms with Crippen molar-refractivity contribution in [2.75, 3.05) is 4.90 Å². The summed E-state index contributed by atoms with van der Waals surface area (Å²) in [7, 11) is 0. The molecule has 1 aliphatic rings. The molecule has 1 atom stereocenters. The molecule has 1 saturated heterocycles. The first-order chi connectivity index (χ1) is 7.59. The number of nitrogens with zero attached hydrogens (tertiary/aromatic N) is 1. The number of hydrogen-bond donors (Lipinski definition) is 0. The van der Waals surface area contributed by atoms with Crippen LogP contribution in [0.3, 0.4) is 0 Å². The van der Waals surface area contributed by atoms with Crippen LogP contribution in [0.5, 0.6) is 0 Å². The zero-order valence-electron chi connectivity index (χ0n) is 9.61. The van der Waals surface area contributed by atoms with E-state index in [2.05, 4.69) is 13.8 Å². The molecule has 0 radical (unpaired) electrons. The highest BCUT2D eigenvalue weighted by Crippen LogP contribution is 2.30. The van der Waals surface area contributed by atoms with Crippen molar-refractivity contribution in [2.45, 2.75) is 32.7 Å². The van der Waals surface area contributed by atoms with Gasteiger partial charge in [-0.05, 0) is 36.6 Å². The summed E-state index contributed by atoms with van der Waals surface area (Å²) < 4.78 is 12.8. The molecule has 1 heterocycles. The maximum Gasteiger partial charge on any atom is 0.227 e. The normalized spacial score (nSPS) is 20.9. The summed E-state index contributed by atoms with van der Waals surface area (Å²) in [6.07, 6.45) is 1.49. The molecular formula is C13H16FNO. The largest absolute Gasteiger partial charge is 0.309 e. The second-order valence-electron chi connectivity index (χ2n) is 4.59. The highest BCUT2D eigenvalue weighted by Gasteiger charge is 2.33. The highest BCUT2D eigenvalue weighted by atomic mass is 19.1. The Hall–Kier alpha value is -1.38. The van der Waals surface area contributed by atoms with Crippen LogP contribution in [0, 0.1) is 11.7 Å². The van der Waals surface area contributed by atoms with Gasteiger partial charge in [0.1, 0.15) is 5.82 Å². The van der Waals surface area contributed by atoms with Crippen LogP contribution >= 0.6 is 0 Å². The minimum atomic E-state index is -0.267. The monoisotopic (exact) mass is 221 g/mol. The molecule has 1 amide bonds. The average molecular weight is 221 g/mol. The lowest BCUT2D eigenvalue weighted by Crippen LogP contribution is -2.36. The quantitative estimate of drug-likeness (QED) is 0.751. The third-order valence-electron chi connectivity index (χ3n) is 3.13. The smallest absolute Gasteiger partial charge is 0.227 e. The summed E-state index contributed by atoms with van der Waals surface area (Å²) in [6.45, 7) is 4.22. The first-order valence-corrected chi connectivity index (χ1v) is 5.67. The van der Waals surface area contributed by atoms with Gasteiger partial charge in [0.25, 0.3) is 0 Å². The summed E-state index contributed by atoms with van der Waals surface area (Å²) in [5.74, 6) is 0.304. The Labute approximate surface area is 95.1 Å². The lowest BCUT2D eigenvalue weighted by molar-refractivity contribution is -0.117. The van der Waals surface area contributed by atoms with E-state index < -0.39 is 0 Å². The molecule has 86 valence electrons. The van der Waals surface area contributed by atoms with E-state index in [4.69, 9.17) is 0 Å². The van der Waals surface area contributed by atoms with Crippen molar-refractivity contribution in [2.24, 2.45) is 5.92 Å². The molecule has 0 spiro atoms. The van der Waals surface area contributed by atoms with E-state index in [-0.39, 0.29) is 17.8 Å². The zero-order chi connectivity index (χ0) is 11.7. The summed E-state index contributed by atoms with van der Waals surface area (Å²) in [6, 6.07) is 6.40. The van der Waals surface area contributed by atoms with Crippen LogP contribution in [0.1, 0.15) is 26.7 Å². The third kappa shape index (κ3) is 1.94. The second kappa shape index (κ2) is 4.24. The van der Waals surface area contributed by atoms with Gasteiger partial charge in [0.05, 0.1) is 0 Å². The van der Waals surface area contributed by atoms with Gasteiger partial charge in [-0.2, -0.15) is 0 Å². The van der Waals surface area contributed by atoms with E-state index in [9.17, 15) is 9.18 Å². The summed E-state index contributed by atoms with van der Waals surface area (Å²) in [4.78, 5) is 13.6. The van der Waals surface area contributed by atoms with Gasteiger partial charge in [0.2, 0.25) is 5.91 Å². The summed E-state index contributed by atoms with van der Waals surface area (Å²) in [5.41, 5.74) is 0.808. The minimum absolute atomic E-state index is 0.144. The van der Waals surface area contributed by atoms with Crippen LogP contribution in [0.4, 0.5) is 10.1 Å². The average Bonchev–Trinajstić information content (AvgIpc) is 2.62. The number of anilines is 1. The molecule has 1 aromatic carbocycles. The summed E-state index contributed by atoms with van der Waals surface area (Å²) >= 11 is 0. The third-order valence-corrected chi connectivity index (χ3v) is 3.13. The highest BCUT2D eigenvalue weighted by molar-refractivity contribution is 5.96. The molecule has 1 unspecified atom stereocenters. The number of amides is 1. The lowest BCUT2D eigenvalue weighted by atomic mass is 10.0. The van der Waals surface area contributed by atoms with Crippen molar-refractivity contribution in [3.63, 3.8) is 0 Å². The van der Waals surface area contributed by atoms with Gasteiger partial charge < -0.3 is 4.90 Å². The Morgan fingerprint density at radius 3 is 2.50 bits per heavy atom. The second-order valence-corrected chi connectivity index (χ2v) is 4.59. The van der Waals surface area contributed by atoms with Gasteiger partial charge in [-0.15, -0.1) is 0 Å². The van der Waals surface area contributed by atoms with Gasteiger partial charge in [0.15, 0.2) is 0 Å². The van der Waals surface area contributed by atoms with Crippen molar-refractivity contribution >= 4 is 11.6 Å². The molecule has 16 heavy (non-hydrogen) atoms. The van der Waals surface area contributed by atoms with E-state index in [1.807, 2.05) is 4.90 Å². The predicted octanol–water partition coefficient (Wildman–Crippen LogP) is 2.98. The van der Waals surface area contributed by atoms with Crippen LogP contribution in [0.2, 0.25) is 0 Å². The topological polar surface area (TPSA) is 20.3 Å². The number of carbonyl (C=O) groups is 1. The van der Waals surface area contributed by atoms with Crippen molar-refractivity contribution in [3.8, 4) is 0 Å². The van der Waals surface area contributed by atoms with E-state index in [0.717, 1.165) is 12.1 Å². The Balaban J connectivity index is 2.30. The Bertz CT molecular complexity index is 385. The number of halogens is 1. The van der Waals surface area contributed by atoms with Crippen LogP contribution in [-0.4, -0.2) is 11.9 Å². The fraction of sp³-hybridized carbons (Fsp3) is 0.462. The zero-order valence-corrected chi connectivity index (χ0v) is 9.61. The van der Waals surface area contributed by atoms with E-state index in [1.54, 1.807) is 12.1 Å². The molecule has 0 aliphatic carbocycles. The van der Waals surface area contributed by atoms with E-state index in [0.29, 0.717) is 12.3 Å². The fourth-order valence-corrected chi connectivity index (χ4v) is 2.27. The Kier molecular flexibility index (Phi) is 2.95. The molecule has 0 bridgehead atoms. The van der Waals surface area contributed by atoms with Crippen molar-refractivity contribution < 1.29 is 9.18 Å². The van der Waals surface area contributed by atoms with Gasteiger partial charge in [-0.3, -0.25) is 4.79 Å². The Morgan fingerprint density at radius 2 is 1.94 bits per heavy atom. The maximum absolute atomic E-state index is 12.8. The number of rotatable bonds is 2.